The molecule has 0 saturated heterocycles. The van der Waals surface area contributed by atoms with Gasteiger partial charge in [0.2, 0.25) is 0 Å². The average Bonchev–Trinajstić information content (AvgIpc) is 3.47. The first kappa shape index (κ1) is 22.4. The number of anilines is 1. The molecule has 1 aliphatic carbocycles. The molecule has 2 amide bonds. The van der Waals surface area contributed by atoms with E-state index in [0.717, 1.165) is 40.0 Å². The van der Waals surface area contributed by atoms with Gasteiger partial charge in [-0.15, -0.1) is 11.3 Å². The first-order valence-electron chi connectivity index (χ1n) is 11.9. The summed E-state index contributed by atoms with van der Waals surface area (Å²) in [5.74, 6) is 0.783. The number of nitrogens with zero attached hydrogens (tertiary/aromatic N) is 2. The molecule has 0 spiro atoms. The van der Waals surface area contributed by atoms with Crippen molar-refractivity contribution in [3.8, 4) is 10.8 Å². The summed E-state index contributed by atoms with van der Waals surface area (Å²) in [6, 6.07) is 19.6. The van der Waals surface area contributed by atoms with Crippen molar-refractivity contribution in [3.63, 3.8) is 0 Å². The second kappa shape index (κ2) is 9.21. The van der Waals surface area contributed by atoms with Crippen LogP contribution < -0.4 is 10.1 Å². The SMILES string of the molecule is COc1cccc([C@@H]2c3cccn3-c3sc4c(c3CN2C(=O)Nc2ccc(Br)cc2)CCCC4)c1. The fourth-order valence-electron chi connectivity index (χ4n) is 5.28. The third-order valence-electron chi connectivity index (χ3n) is 6.94. The molecule has 2 aromatic carbocycles. The zero-order valence-electron chi connectivity index (χ0n) is 19.5. The van der Waals surface area contributed by atoms with Crippen molar-refractivity contribution in [1.82, 2.24) is 9.47 Å². The van der Waals surface area contributed by atoms with E-state index in [1.807, 2.05) is 58.7 Å². The Morgan fingerprint density at radius 3 is 2.71 bits per heavy atom. The lowest BCUT2D eigenvalue weighted by Crippen LogP contribution is -2.38. The van der Waals surface area contributed by atoms with Crippen molar-refractivity contribution in [3.05, 3.63) is 98.6 Å². The minimum atomic E-state index is -0.255. The maximum Gasteiger partial charge on any atom is 0.322 e. The highest BCUT2D eigenvalue weighted by molar-refractivity contribution is 9.10. The summed E-state index contributed by atoms with van der Waals surface area (Å²) >= 11 is 5.38. The Balaban J connectivity index is 1.50. The second-order valence-electron chi connectivity index (χ2n) is 9.04. The molecule has 7 heteroatoms. The van der Waals surface area contributed by atoms with E-state index >= 15 is 0 Å². The zero-order valence-corrected chi connectivity index (χ0v) is 21.9. The fourth-order valence-corrected chi connectivity index (χ4v) is 6.95. The number of rotatable bonds is 3. The summed E-state index contributed by atoms with van der Waals surface area (Å²) in [6.07, 6.45) is 6.81. The average molecular weight is 549 g/mol. The number of amides is 2. The van der Waals surface area contributed by atoms with E-state index in [2.05, 4.69) is 50.2 Å². The predicted octanol–water partition coefficient (Wildman–Crippen LogP) is 7.33. The van der Waals surface area contributed by atoms with E-state index in [1.54, 1.807) is 7.11 Å². The first-order chi connectivity index (χ1) is 17.1. The second-order valence-corrected chi connectivity index (χ2v) is 11.0. The Labute approximate surface area is 217 Å². The number of ether oxygens (including phenoxy) is 1. The highest BCUT2D eigenvalue weighted by Gasteiger charge is 2.36. The number of carbonyl (C=O) groups is 1. The topological polar surface area (TPSA) is 46.5 Å². The van der Waals surface area contributed by atoms with Crippen molar-refractivity contribution < 1.29 is 9.53 Å². The molecule has 0 bridgehead atoms. The smallest absolute Gasteiger partial charge is 0.322 e. The number of hydrogen-bond donors (Lipinski definition) is 1. The van der Waals surface area contributed by atoms with Gasteiger partial charge in [-0.25, -0.2) is 4.79 Å². The number of hydrogen-bond acceptors (Lipinski definition) is 3. The van der Waals surface area contributed by atoms with Crippen molar-refractivity contribution >= 4 is 39.0 Å². The quantitative estimate of drug-likeness (QED) is 0.292. The summed E-state index contributed by atoms with van der Waals surface area (Å²) in [5, 5.41) is 4.40. The van der Waals surface area contributed by atoms with E-state index in [1.165, 1.54) is 33.8 Å². The molecule has 0 saturated carbocycles. The zero-order chi connectivity index (χ0) is 23.9. The maximum absolute atomic E-state index is 13.9. The van der Waals surface area contributed by atoms with Crippen LogP contribution in [-0.2, 0) is 19.4 Å². The molecule has 6 rings (SSSR count). The molecule has 0 fully saturated rings. The molecule has 1 aliphatic heterocycles. The van der Waals surface area contributed by atoms with Gasteiger partial charge in [-0.2, -0.15) is 0 Å². The minimum Gasteiger partial charge on any atom is -0.497 e. The lowest BCUT2D eigenvalue weighted by molar-refractivity contribution is 0.194. The van der Waals surface area contributed by atoms with Crippen LogP contribution in [-0.4, -0.2) is 22.6 Å². The molecule has 5 nitrogen and oxygen atoms in total. The Hall–Kier alpha value is -3.03. The van der Waals surface area contributed by atoms with Crippen LogP contribution in [0.4, 0.5) is 10.5 Å². The van der Waals surface area contributed by atoms with Gasteiger partial charge in [-0.05, 0) is 85.3 Å². The largest absolute Gasteiger partial charge is 0.497 e. The van der Waals surface area contributed by atoms with Gasteiger partial charge in [0.25, 0.3) is 0 Å². The Morgan fingerprint density at radius 2 is 1.89 bits per heavy atom. The highest BCUT2D eigenvalue weighted by atomic mass is 79.9. The van der Waals surface area contributed by atoms with Crippen LogP contribution >= 0.6 is 27.3 Å². The molecular formula is C28H26BrN3O2S. The number of halogens is 1. The van der Waals surface area contributed by atoms with Gasteiger partial charge in [0.05, 0.1) is 25.4 Å². The minimum absolute atomic E-state index is 0.114. The van der Waals surface area contributed by atoms with E-state index in [0.29, 0.717) is 6.54 Å². The number of thiophene rings is 1. The summed E-state index contributed by atoms with van der Waals surface area (Å²) in [4.78, 5) is 17.4. The third kappa shape index (κ3) is 4.06. The number of nitrogens with one attached hydrogen (secondary N) is 1. The monoisotopic (exact) mass is 547 g/mol. The summed E-state index contributed by atoms with van der Waals surface area (Å²) in [5.41, 5.74) is 5.62. The van der Waals surface area contributed by atoms with Gasteiger partial charge in [0, 0.05) is 26.8 Å². The molecular weight excluding hydrogens is 522 g/mol. The van der Waals surface area contributed by atoms with Gasteiger partial charge in [-0.3, -0.25) is 0 Å². The van der Waals surface area contributed by atoms with Crippen LogP contribution in [0.15, 0.2) is 71.3 Å². The van der Waals surface area contributed by atoms with Gasteiger partial charge < -0.3 is 19.5 Å². The molecule has 4 aromatic rings. The Kier molecular flexibility index (Phi) is 5.90. The van der Waals surface area contributed by atoms with Crippen molar-refractivity contribution in [1.29, 1.82) is 0 Å². The lowest BCUT2D eigenvalue weighted by Gasteiger charge is -2.31. The van der Waals surface area contributed by atoms with Crippen LogP contribution in [0.25, 0.3) is 5.00 Å². The molecule has 3 heterocycles. The van der Waals surface area contributed by atoms with Gasteiger partial charge in [0.15, 0.2) is 0 Å². The van der Waals surface area contributed by atoms with E-state index in [4.69, 9.17) is 4.74 Å². The Morgan fingerprint density at radius 1 is 1.06 bits per heavy atom. The molecule has 2 aliphatic rings. The van der Waals surface area contributed by atoms with Gasteiger partial charge in [-0.1, -0.05) is 28.1 Å². The number of aromatic nitrogens is 1. The number of benzene rings is 2. The predicted molar refractivity (Wildman–Crippen MR) is 144 cm³/mol. The normalized spacial score (nSPS) is 16.6. The summed E-state index contributed by atoms with van der Waals surface area (Å²) < 4.78 is 8.82. The van der Waals surface area contributed by atoms with Gasteiger partial charge in [0.1, 0.15) is 10.8 Å². The van der Waals surface area contributed by atoms with Crippen molar-refractivity contribution in [2.45, 2.75) is 38.3 Å². The standard InChI is InChI=1S/C28H26BrN3O2S/c1-34-21-7-4-6-18(16-21)26-24-9-5-15-31(24)27-23(22-8-2-3-10-25(22)35-27)17-32(26)28(33)30-20-13-11-19(29)12-14-20/h4-7,9,11-16,26H,2-3,8,10,17H2,1H3,(H,30,33)/t26-/m1/s1. The van der Waals surface area contributed by atoms with E-state index in [9.17, 15) is 4.79 Å². The maximum atomic E-state index is 13.9. The number of urea groups is 1. The molecule has 0 unspecified atom stereocenters. The third-order valence-corrected chi connectivity index (χ3v) is 8.81. The van der Waals surface area contributed by atoms with E-state index < -0.39 is 0 Å². The van der Waals surface area contributed by atoms with Gasteiger partial charge >= 0.3 is 6.03 Å². The molecule has 178 valence electrons. The van der Waals surface area contributed by atoms with Crippen LogP contribution in [0.1, 0.15) is 46.1 Å². The number of methoxy groups -OCH3 is 1. The summed E-state index contributed by atoms with van der Waals surface area (Å²) in [7, 11) is 1.68. The van der Waals surface area contributed by atoms with Crippen molar-refractivity contribution in [2.75, 3.05) is 12.4 Å². The molecule has 35 heavy (non-hydrogen) atoms. The number of fused-ring (bicyclic) bond motifs is 5. The summed E-state index contributed by atoms with van der Waals surface area (Å²) in [6.45, 7) is 0.563. The molecule has 2 aromatic heterocycles. The lowest BCUT2D eigenvalue weighted by atomic mass is 9.95. The van der Waals surface area contributed by atoms with Crippen LogP contribution in [0.5, 0.6) is 5.75 Å². The van der Waals surface area contributed by atoms with Crippen LogP contribution in [0.3, 0.4) is 0 Å². The van der Waals surface area contributed by atoms with Crippen LogP contribution in [0.2, 0.25) is 0 Å². The molecule has 0 radical (unpaired) electrons. The highest BCUT2D eigenvalue weighted by Crippen LogP contribution is 2.44. The molecule has 1 atom stereocenters. The number of aryl methyl sites for hydroxylation is 1. The number of carbonyl (C=O) groups excluding carboxylic acids is 1. The van der Waals surface area contributed by atoms with Crippen LogP contribution in [0, 0.1) is 0 Å². The molecule has 1 N–H and O–H groups in total. The van der Waals surface area contributed by atoms with Crippen molar-refractivity contribution in [2.24, 2.45) is 0 Å². The fraction of sp³-hybridized carbons (Fsp3) is 0.250. The first-order valence-corrected chi connectivity index (χ1v) is 13.5. The van der Waals surface area contributed by atoms with E-state index in [-0.39, 0.29) is 12.1 Å². The Bertz CT molecular complexity index is 1390.